The van der Waals surface area contributed by atoms with E-state index in [0.717, 1.165) is 0 Å². The summed E-state index contributed by atoms with van der Waals surface area (Å²) >= 11 is -2.18. The molecule has 11 heteroatoms. The minimum atomic E-state index is -2.18. The van der Waals surface area contributed by atoms with Gasteiger partial charge in [0.15, 0.2) is 6.29 Å². The number of ether oxygens (including phenoxy) is 2. The van der Waals surface area contributed by atoms with Gasteiger partial charge in [0, 0.05) is 12.3 Å². The van der Waals surface area contributed by atoms with Gasteiger partial charge in [-0.1, -0.05) is 11.1 Å². The highest BCUT2D eigenvalue weighted by Gasteiger charge is 2.43. The van der Waals surface area contributed by atoms with Crippen LogP contribution in [0.4, 0.5) is 4.79 Å². The quantitative estimate of drug-likeness (QED) is 0.249. The Bertz CT molecular complexity index is 368. The summed E-state index contributed by atoms with van der Waals surface area (Å²) in [6, 6.07) is 0. The lowest BCUT2D eigenvalue weighted by molar-refractivity contribution is -0.286. The molecule has 1 rings (SSSR count). The molecule has 0 aromatic heterocycles. The SMILES string of the molecule is O=C(NCCCS(=O)[O-])OC[C@H]1O[C@H](O)[C@H](O)[C@@H](O)[C@@H]1O. The largest absolute Gasteiger partial charge is 0.772 e. The highest BCUT2D eigenvalue weighted by Crippen LogP contribution is 2.19. The molecule has 5 N–H and O–H groups in total. The van der Waals surface area contributed by atoms with E-state index in [1.807, 2.05) is 0 Å². The van der Waals surface area contributed by atoms with Crippen LogP contribution in [0, 0.1) is 0 Å². The summed E-state index contributed by atoms with van der Waals surface area (Å²) in [4.78, 5) is 11.3. The second kappa shape index (κ2) is 8.58. The number of aliphatic hydroxyl groups excluding tert-OH is 4. The molecule has 1 aliphatic heterocycles. The van der Waals surface area contributed by atoms with Gasteiger partial charge in [0.1, 0.15) is 31.0 Å². The molecule has 1 unspecified atom stereocenters. The van der Waals surface area contributed by atoms with Crippen molar-refractivity contribution in [2.45, 2.75) is 37.1 Å². The van der Waals surface area contributed by atoms with Crippen LogP contribution in [0.1, 0.15) is 6.42 Å². The fourth-order valence-corrected chi connectivity index (χ4v) is 2.04. The monoisotopic (exact) mass is 328 g/mol. The summed E-state index contributed by atoms with van der Waals surface area (Å²) in [7, 11) is 0. The smallest absolute Gasteiger partial charge is 0.407 e. The molecule has 10 nitrogen and oxygen atoms in total. The Balaban J connectivity index is 2.27. The van der Waals surface area contributed by atoms with Crippen molar-refractivity contribution in [1.82, 2.24) is 5.32 Å². The van der Waals surface area contributed by atoms with Crippen LogP contribution in [0.25, 0.3) is 0 Å². The lowest BCUT2D eigenvalue weighted by Gasteiger charge is -2.37. The van der Waals surface area contributed by atoms with E-state index in [9.17, 15) is 34.0 Å². The van der Waals surface area contributed by atoms with Crippen molar-refractivity contribution < 1.29 is 43.5 Å². The summed E-state index contributed by atoms with van der Waals surface area (Å²) in [6.07, 6.45) is -8.35. The van der Waals surface area contributed by atoms with E-state index in [1.165, 1.54) is 0 Å². The summed E-state index contributed by atoms with van der Waals surface area (Å²) < 4.78 is 30.0. The minimum absolute atomic E-state index is 0.0881. The molecule has 21 heavy (non-hydrogen) atoms. The number of hydrogen-bond acceptors (Lipinski definition) is 9. The van der Waals surface area contributed by atoms with Gasteiger partial charge in [-0.05, 0) is 6.42 Å². The van der Waals surface area contributed by atoms with Crippen LogP contribution in [0.2, 0.25) is 0 Å². The fraction of sp³-hybridized carbons (Fsp3) is 0.900. The van der Waals surface area contributed by atoms with Gasteiger partial charge in [0.2, 0.25) is 0 Å². The van der Waals surface area contributed by atoms with E-state index in [1.54, 1.807) is 0 Å². The zero-order valence-corrected chi connectivity index (χ0v) is 11.8. The van der Waals surface area contributed by atoms with Crippen LogP contribution in [0.5, 0.6) is 0 Å². The van der Waals surface area contributed by atoms with Crippen molar-refractivity contribution in [3.63, 3.8) is 0 Å². The number of rotatable bonds is 6. The molecule has 1 aliphatic rings. The number of carbonyl (C=O) groups excluding carboxylic acids is 1. The first-order valence-corrected chi connectivity index (χ1v) is 7.41. The Hall–Kier alpha value is -0.820. The van der Waals surface area contributed by atoms with E-state index in [2.05, 4.69) is 5.32 Å². The number of aliphatic hydroxyl groups is 4. The maximum Gasteiger partial charge on any atom is 0.407 e. The van der Waals surface area contributed by atoms with E-state index in [4.69, 9.17) is 9.47 Å². The maximum atomic E-state index is 11.3. The first-order valence-electron chi connectivity index (χ1n) is 6.17. The topological polar surface area (TPSA) is 169 Å². The van der Waals surface area contributed by atoms with E-state index in [0.29, 0.717) is 0 Å². The average Bonchev–Trinajstić information content (AvgIpc) is 2.43. The Morgan fingerprint density at radius 1 is 1.24 bits per heavy atom. The molecule has 0 spiro atoms. The van der Waals surface area contributed by atoms with Gasteiger partial charge in [-0.15, -0.1) is 0 Å². The molecular weight excluding hydrogens is 310 g/mol. The average molecular weight is 328 g/mol. The fourth-order valence-electron chi connectivity index (χ4n) is 1.66. The molecule has 0 bridgehead atoms. The van der Waals surface area contributed by atoms with Crippen LogP contribution in [-0.2, 0) is 20.6 Å². The van der Waals surface area contributed by atoms with Gasteiger partial charge >= 0.3 is 6.09 Å². The van der Waals surface area contributed by atoms with Gasteiger partial charge in [0.25, 0.3) is 0 Å². The molecule has 0 aliphatic carbocycles. The molecule has 0 aromatic carbocycles. The van der Waals surface area contributed by atoms with Crippen LogP contribution in [0.3, 0.4) is 0 Å². The Morgan fingerprint density at radius 3 is 2.52 bits per heavy atom. The number of carbonyl (C=O) groups is 1. The summed E-state index contributed by atoms with van der Waals surface area (Å²) in [5.41, 5.74) is 0. The second-order valence-corrected chi connectivity index (χ2v) is 5.44. The number of amides is 1. The number of alkyl carbamates (subject to hydrolysis) is 1. The summed E-state index contributed by atoms with van der Waals surface area (Å²) in [6.45, 7) is -0.369. The Labute approximate surface area is 123 Å². The molecule has 124 valence electrons. The normalized spacial score (nSPS) is 34.2. The number of nitrogens with one attached hydrogen (secondary N) is 1. The predicted molar refractivity (Wildman–Crippen MR) is 66.7 cm³/mol. The lowest BCUT2D eigenvalue weighted by Crippen LogP contribution is -2.58. The third-order valence-electron chi connectivity index (χ3n) is 2.82. The highest BCUT2D eigenvalue weighted by molar-refractivity contribution is 7.79. The van der Waals surface area contributed by atoms with Crippen LogP contribution >= 0.6 is 0 Å². The van der Waals surface area contributed by atoms with Gasteiger partial charge < -0.3 is 39.8 Å². The zero-order valence-electron chi connectivity index (χ0n) is 11.0. The van der Waals surface area contributed by atoms with Crippen molar-refractivity contribution in [2.75, 3.05) is 18.9 Å². The first-order chi connectivity index (χ1) is 9.82. The van der Waals surface area contributed by atoms with Crippen molar-refractivity contribution in [2.24, 2.45) is 0 Å². The molecule has 1 saturated heterocycles. The van der Waals surface area contributed by atoms with E-state index < -0.39 is 54.5 Å². The second-order valence-electron chi connectivity index (χ2n) is 4.42. The molecular formula is C10H18NO9S-. The first kappa shape index (κ1) is 18.2. The molecule has 6 atom stereocenters. The molecule has 1 amide bonds. The molecule has 1 heterocycles. The summed E-state index contributed by atoms with van der Waals surface area (Å²) in [5.74, 6) is -0.0962. The van der Waals surface area contributed by atoms with Crippen molar-refractivity contribution in [3.8, 4) is 0 Å². The maximum absolute atomic E-state index is 11.3. The molecule has 0 radical (unpaired) electrons. The molecule has 0 aromatic rings. The van der Waals surface area contributed by atoms with E-state index in [-0.39, 0.29) is 18.7 Å². The minimum Gasteiger partial charge on any atom is -0.772 e. The van der Waals surface area contributed by atoms with Crippen molar-refractivity contribution >= 4 is 17.2 Å². The predicted octanol–water partition coefficient (Wildman–Crippen LogP) is -3.22. The Kier molecular flexibility index (Phi) is 7.45. The highest BCUT2D eigenvalue weighted by atomic mass is 32.2. The van der Waals surface area contributed by atoms with Crippen LogP contribution < -0.4 is 5.32 Å². The number of hydrogen-bond donors (Lipinski definition) is 5. The summed E-state index contributed by atoms with van der Waals surface area (Å²) in [5, 5.41) is 39.8. The molecule has 1 fully saturated rings. The zero-order chi connectivity index (χ0) is 16.0. The van der Waals surface area contributed by atoms with Crippen LogP contribution in [-0.4, -0.2) is 84.9 Å². The van der Waals surface area contributed by atoms with Crippen LogP contribution in [0.15, 0.2) is 0 Å². The van der Waals surface area contributed by atoms with Gasteiger partial charge in [-0.2, -0.15) is 0 Å². The third kappa shape index (κ3) is 5.82. The third-order valence-corrected chi connectivity index (χ3v) is 3.44. The van der Waals surface area contributed by atoms with Gasteiger partial charge in [0.05, 0.1) is 0 Å². The standard InChI is InChI=1S/C10H19NO9S/c12-6-5(20-9(15)8(14)7(6)13)4-19-10(16)11-2-1-3-21(17)18/h5-9,12-15H,1-4H2,(H,11,16)(H,17,18)/p-1/t5-,6-,7+,8-,9+/m1/s1. The van der Waals surface area contributed by atoms with Crippen molar-refractivity contribution in [1.29, 1.82) is 0 Å². The van der Waals surface area contributed by atoms with Gasteiger partial charge in [-0.25, -0.2) is 4.79 Å². The Morgan fingerprint density at radius 2 is 1.90 bits per heavy atom. The lowest BCUT2D eigenvalue weighted by atomic mass is 9.99. The van der Waals surface area contributed by atoms with Crippen molar-refractivity contribution in [3.05, 3.63) is 0 Å². The van der Waals surface area contributed by atoms with E-state index >= 15 is 0 Å². The molecule has 0 saturated carbocycles. The van der Waals surface area contributed by atoms with Gasteiger partial charge in [-0.3, -0.25) is 4.21 Å².